The van der Waals surface area contributed by atoms with Crippen LogP contribution in [0.3, 0.4) is 0 Å². The number of nitrogens with one attached hydrogen (secondary N) is 1. The highest BCUT2D eigenvalue weighted by molar-refractivity contribution is 7.12. The average Bonchev–Trinajstić information content (AvgIpc) is 3.44. The number of nitrogens with zero attached hydrogens (tertiary/aromatic N) is 4. The van der Waals surface area contributed by atoms with Crippen LogP contribution in [0.25, 0.3) is 11.4 Å². The number of aromatic nitrogens is 2. The average molecular weight is 500 g/mol. The molecule has 0 atom stereocenters. The first-order valence-electron chi connectivity index (χ1n) is 11.8. The number of carbonyl (C=O) groups is 2. The lowest BCUT2D eigenvalue weighted by Crippen LogP contribution is -2.32. The molecule has 4 rings (SSSR count). The number of hydrogen-bond acceptors (Lipinski definition) is 7. The third kappa shape index (κ3) is 6.02. The second kappa shape index (κ2) is 11.7. The molecule has 0 bridgehead atoms. The molecule has 4 aromatic rings. The van der Waals surface area contributed by atoms with E-state index < -0.39 is 5.91 Å². The van der Waals surface area contributed by atoms with E-state index in [-0.39, 0.29) is 11.5 Å². The summed E-state index contributed by atoms with van der Waals surface area (Å²) < 4.78 is 0. The van der Waals surface area contributed by atoms with Gasteiger partial charge < -0.3 is 15.1 Å². The predicted molar refractivity (Wildman–Crippen MR) is 146 cm³/mol. The SMILES string of the molecule is CCN(CCN(C)C)c1cc(C(=O)Nc2ccccc2C(=O)c2cccs2)nc(-c2ccccc2)n1. The van der Waals surface area contributed by atoms with E-state index in [0.29, 0.717) is 27.8 Å². The topological polar surface area (TPSA) is 78.4 Å². The van der Waals surface area contributed by atoms with Gasteiger partial charge in [0.2, 0.25) is 5.78 Å². The molecule has 2 aromatic heterocycles. The summed E-state index contributed by atoms with van der Waals surface area (Å²) in [6, 6.07) is 22.0. The first kappa shape index (κ1) is 25.2. The van der Waals surface area contributed by atoms with Crippen LogP contribution in [0, 0.1) is 0 Å². The third-order valence-corrected chi connectivity index (χ3v) is 6.53. The van der Waals surface area contributed by atoms with Gasteiger partial charge in [0, 0.05) is 36.8 Å². The highest BCUT2D eigenvalue weighted by Gasteiger charge is 2.20. The van der Waals surface area contributed by atoms with Crippen LogP contribution >= 0.6 is 11.3 Å². The first-order valence-corrected chi connectivity index (χ1v) is 12.7. The van der Waals surface area contributed by atoms with Gasteiger partial charge in [-0.05, 0) is 44.6 Å². The van der Waals surface area contributed by atoms with Crippen LogP contribution in [0.2, 0.25) is 0 Å². The van der Waals surface area contributed by atoms with Crippen molar-refractivity contribution in [3.63, 3.8) is 0 Å². The molecule has 1 amide bonds. The summed E-state index contributed by atoms with van der Waals surface area (Å²) in [5.74, 6) is 0.631. The van der Waals surface area contributed by atoms with Gasteiger partial charge in [-0.25, -0.2) is 9.97 Å². The van der Waals surface area contributed by atoms with E-state index in [1.165, 1.54) is 11.3 Å². The minimum absolute atomic E-state index is 0.130. The van der Waals surface area contributed by atoms with Crippen LogP contribution in [0.1, 0.15) is 32.6 Å². The Morgan fingerprint density at radius 1 is 0.917 bits per heavy atom. The number of benzene rings is 2. The maximum absolute atomic E-state index is 13.5. The molecule has 0 aliphatic rings. The van der Waals surface area contributed by atoms with Crippen molar-refractivity contribution < 1.29 is 9.59 Å². The fraction of sp³-hybridized carbons (Fsp3) is 0.214. The van der Waals surface area contributed by atoms with Gasteiger partial charge in [-0.2, -0.15) is 0 Å². The summed E-state index contributed by atoms with van der Waals surface area (Å²) in [7, 11) is 4.05. The molecule has 7 nitrogen and oxygen atoms in total. The number of rotatable bonds is 10. The van der Waals surface area contributed by atoms with Crippen molar-refractivity contribution in [2.75, 3.05) is 43.9 Å². The molecular formula is C28H29N5O2S. The summed E-state index contributed by atoms with van der Waals surface area (Å²) >= 11 is 1.37. The molecule has 8 heteroatoms. The van der Waals surface area contributed by atoms with E-state index in [1.54, 1.807) is 36.4 Å². The van der Waals surface area contributed by atoms with Gasteiger partial charge in [-0.15, -0.1) is 11.3 Å². The fourth-order valence-corrected chi connectivity index (χ4v) is 4.38. The summed E-state index contributed by atoms with van der Waals surface area (Å²) in [5, 5.41) is 4.77. The number of amides is 1. The van der Waals surface area contributed by atoms with Crippen molar-refractivity contribution in [1.82, 2.24) is 14.9 Å². The number of thiophene rings is 1. The monoisotopic (exact) mass is 499 g/mol. The van der Waals surface area contributed by atoms with Crippen LogP contribution in [0.4, 0.5) is 11.5 Å². The number of hydrogen-bond donors (Lipinski definition) is 1. The lowest BCUT2D eigenvalue weighted by molar-refractivity contribution is 0.102. The predicted octanol–water partition coefficient (Wildman–Crippen LogP) is 5.08. The Labute approximate surface area is 215 Å². The van der Waals surface area contributed by atoms with E-state index >= 15 is 0 Å². The second-order valence-corrected chi connectivity index (χ2v) is 9.44. The Hall–Kier alpha value is -3.88. The molecule has 2 aromatic carbocycles. The lowest BCUT2D eigenvalue weighted by atomic mass is 10.1. The molecule has 0 saturated heterocycles. The van der Waals surface area contributed by atoms with E-state index in [0.717, 1.165) is 25.2 Å². The maximum atomic E-state index is 13.5. The van der Waals surface area contributed by atoms with E-state index in [2.05, 4.69) is 27.0 Å². The molecule has 0 aliphatic heterocycles. The highest BCUT2D eigenvalue weighted by atomic mass is 32.1. The molecule has 0 fully saturated rings. The van der Waals surface area contributed by atoms with Gasteiger partial charge in [0.25, 0.3) is 5.91 Å². The second-order valence-electron chi connectivity index (χ2n) is 8.49. The lowest BCUT2D eigenvalue weighted by Gasteiger charge is -2.24. The number of anilines is 2. The smallest absolute Gasteiger partial charge is 0.274 e. The van der Waals surface area contributed by atoms with E-state index in [1.807, 2.05) is 55.9 Å². The van der Waals surface area contributed by atoms with Crippen molar-refractivity contribution in [3.05, 3.63) is 94.3 Å². The zero-order chi connectivity index (χ0) is 25.5. The Morgan fingerprint density at radius 2 is 1.67 bits per heavy atom. The summed E-state index contributed by atoms with van der Waals surface area (Å²) in [5.41, 5.74) is 1.94. The van der Waals surface area contributed by atoms with Crippen molar-refractivity contribution in [2.24, 2.45) is 0 Å². The van der Waals surface area contributed by atoms with Gasteiger partial charge >= 0.3 is 0 Å². The fourth-order valence-electron chi connectivity index (χ4n) is 3.70. The number of ketones is 1. The highest BCUT2D eigenvalue weighted by Crippen LogP contribution is 2.24. The Morgan fingerprint density at radius 3 is 2.36 bits per heavy atom. The van der Waals surface area contributed by atoms with Crippen LogP contribution in [-0.4, -0.2) is 60.3 Å². The summed E-state index contributed by atoms with van der Waals surface area (Å²) in [6.45, 7) is 4.40. The zero-order valence-corrected chi connectivity index (χ0v) is 21.5. The Bertz CT molecular complexity index is 1320. The van der Waals surface area contributed by atoms with Crippen molar-refractivity contribution in [3.8, 4) is 11.4 Å². The van der Waals surface area contributed by atoms with Crippen molar-refractivity contribution in [2.45, 2.75) is 6.92 Å². The molecule has 0 aliphatic carbocycles. The molecule has 0 saturated carbocycles. The van der Waals surface area contributed by atoms with Gasteiger partial charge in [0.05, 0.1) is 10.6 Å². The quantitative estimate of drug-likeness (QED) is 0.307. The summed E-state index contributed by atoms with van der Waals surface area (Å²) in [6.07, 6.45) is 0. The number of para-hydroxylation sites is 1. The molecular weight excluding hydrogens is 470 g/mol. The molecule has 0 radical (unpaired) electrons. The van der Waals surface area contributed by atoms with Crippen molar-refractivity contribution >= 4 is 34.5 Å². The van der Waals surface area contributed by atoms with Gasteiger partial charge in [-0.1, -0.05) is 48.5 Å². The van der Waals surface area contributed by atoms with Crippen LogP contribution in [0.5, 0.6) is 0 Å². The zero-order valence-electron chi connectivity index (χ0n) is 20.6. The van der Waals surface area contributed by atoms with E-state index in [9.17, 15) is 9.59 Å². The van der Waals surface area contributed by atoms with Gasteiger partial charge in [-0.3, -0.25) is 9.59 Å². The molecule has 184 valence electrons. The minimum Gasteiger partial charge on any atom is -0.355 e. The van der Waals surface area contributed by atoms with Gasteiger partial charge in [0.15, 0.2) is 5.82 Å². The van der Waals surface area contributed by atoms with E-state index in [4.69, 9.17) is 4.98 Å². The summed E-state index contributed by atoms with van der Waals surface area (Å²) in [4.78, 5) is 40.7. The van der Waals surface area contributed by atoms with Gasteiger partial charge in [0.1, 0.15) is 11.5 Å². The maximum Gasteiger partial charge on any atom is 0.274 e. The normalized spacial score (nSPS) is 10.9. The molecule has 2 heterocycles. The molecule has 0 unspecified atom stereocenters. The molecule has 0 spiro atoms. The molecule has 1 N–H and O–H groups in total. The third-order valence-electron chi connectivity index (χ3n) is 5.66. The molecule has 36 heavy (non-hydrogen) atoms. The Balaban J connectivity index is 1.69. The standard InChI is InChI=1S/C28H29N5O2S/c1-4-33(17-16-32(2)3)25-19-23(29-27(31-25)20-11-6-5-7-12-20)28(35)30-22-14-9-8-13-21(22)26(34)24-15-10-18-36-24/h5-15,18-19H,4,16-17H2,1-3H3,(H,30,35). The minimum atomic E-state index is -0.397. The Kier molecular flexibility index (Phi) is 8.20. The van der Waals surface area contributed by atoms with Crippen LogP contribution in [0.15, 0.2) is 78.2 Å². The van der Waals surface area contributed by atoms with Crippen LogP contribution in [-0.2, 0) is 0 Å². The number of likely N-dealkylation sites (N-methyl/N-ethyl adjacent to an activating group) is 2. The van der Waals surface area contributed by atoms with Crippen molar-refractivity contribution in [1.29, 1.82) is 0 Å². The number of carbonyl (C=O) groups excluding carboxylic acids is 2. The largest absolute Gasteiger partial charge is 0.355 e. The van der Waals surface area contributed by atoms with Crippen LogP contribution < -0.4 is 10.2 Å². The first-order chi connectivity index (χ1) is 17.5.